The van der Waals surface area contributed by atoms with Crippen LogP contribution in [0.1, 0.15) is 63.4 Å². The van der Waals surface area contributed by atoms with Crippen molar-refractivity contribution in [2.24, 2.45) is 0 Å². The Hall–Kier alpha value is -3.38. The molecule has 196 valence electrons. The van der Waals surface area contributed by atoms with Gasteiger partial charge < -0.3 is 23.2 Å². The highest BCUT2D eigenvalue weighted by molar-refractivity contribution is 6.62. The summed E-state index contributed by atoms with van der Waals surface area (Å²) in [7, 11) is -0.907. The van der Waals surface area contributed by atoms with Crippen molar-refractivity contribution in [2.75, 3.05) is 0 Å². The number of nitrogens with zero attached hydrogens (tertiary/aromatic N) is 5. The first kappa shape index (κ1) is 23.7. The van der Waals surface area contributed by atoms with Crippen LogP contribution in [0.4, 0.5) is 13.2 Å². The van der Waals surface area contributed by atoms with Gasteiger partial charge in [0.2, 0.25) is 0 Å². The number of aryl methyl sites for hydroxylation is 1. The van der Waals surface area contributed by atoms with Gasteiger partial charge in [-0.05, 0) is 46.8 Å². The second-order valence-electron chi connectivity index (χ2n) is 11.1. The fourth-order valence-electron chi connectivity index (χ4n) is 5.96. The third-order valence-corrected chi connectivity index (χ3v) is 8.43. The number of rotatable bonds is 3. The first-order valence-electron chi connectivity index (χ1n) is 12.5. The van der Waals surface area contributed by atoms with Gasteiger partial charge in [-0.2, -0.15) is 8.78 Å². The van der Waals surface area contributed by atoms with E-state index in [0.29, 0.717) is 46.1 Å². The average Bonchev–Trinajstić information content (AvgIpc) is 3.50. The van der Waals surface area contributed by atoms with Gasteiger partial charge in [0.1, 0.15) is 23.2 Å². The average molecular weight is 523 g/mol. The van der Waals surface area contributed by atoms with Crippen LogP contribution in [-0.2, 0) is 9.31 Å². The number of fused-ring (bicyclic) bond motifs is 6. The van der Waals surface area contributed by atoms with E-state index in [-0.39, 0.29) is 17.3 Å². The summed E-state index contributed by atoms with van der Waals surface area (Å²) in [5.41, 5.74) is 1.32. The van der Waals surface area contributed by atoms with Crippen molar-refractivity contribution in [2.45, 2.75) is 70.9 Å². The van der Waals surface area contributed by atoms with Crippen molar-refractivity contribution in [3.63, 3.8) is 0 Å². The number of alkyl halides is 2. The molecular formula is C26H25BF3N5O3. The molecule has 8 nitrogen and oxygen atoms in total. The minimum absolute atomic E-state index is 0.0679. The zero-order valence-electron chi connectivity index (χ0n) is 21.5. The van der Waals surface area contributed by atoms with E-state index in [1.54, 1.807) is 12.1 Å². The predicted octanol–water partition coefficient (Wildman–Crippen LogP) is 4.54. The summed E-state index contributed by atoms with van der Waals surface area (Å²) in [6, 6.07) is 7.46. The van der Waals surface area contributed by atoms with E-state index < -0.39 is 36.8 Å². The number of ether oxygens (including phenoxy) is 1. The fourth-order valence-corrected chi connectivity index (χ4v) is 5.96. The SMILES string of the molecule is Cc1nnc2n1[C@@H]1C[C@H](c3c(OC(F)F)cccc3-2)n2c1nc1cc(F)c(B3OC(C)(C)C(C)(C)O3)cc12. The van der Waals surface area contributed by atoms with E-state index in [0.717, 1.165) is 0 Å². The molecule has 12 heteroatoms. The molecule has 1 saturated heterocycles. The molecular weight excluding hydrogens is 498 g/mol. The summed E-state index contributed by atoms with van der Waals surface area (Å²) in [6.45, 7) is 6.49. The van der Waals surface area contributed by atoms with E-state index in [1.165, 1.54) is 12.1 Å². The first-order valence-corrected chi connectivity index (χ1v) is 12.5. The van der Waals surface area contributed by atoms with Crippen LogP contribution in [0.5, 0.6) is 5.75 Å². The maximum atomic E-state index is 15.5. The quantitative estimate of drug-likeness (QED) is 0.367. The molecule has 2 aromatic heterocycles. The molecule has 0 spiro atoms. The standard InChI is InChI=1S/C26H25BF3N5O3/c1-12-32-33-22-13-7-6-8-20(36-24(29)30)21(13)18-11-19(34(12)22)23-31-16-10-15(28)14(9-17(16)35(18)23)27-37-25(2,3)26(4,5)38-27/h6-10,18-19,24H,11H2,1-5H3/t18-,19-/m1/s1. The summed E-state index contributed by atoms with van der Waals surface area (Å²) in [6.07, 6.45) is 0.532. The van der Waals surface area contributed by atoms with E-state index in [2.05, 4.69) is 10.2 Å². The van der Waals surface area contributed by atoms with Gasteiger partial charge in [-0.3, -0.25) is 0 Å². The molecule has 0 unspecified atom stereocenters. The number of hydrogen-bond donors (Lipinski definition) is 0. The van der Waals surface area contributed by atoms with Crippen LogP contribution < -0.4 is 10.2 Å². The molecule has 0 radical (unpaired) electrons. The van der Waals surface area contributed by atoms with E-state index in [4.69, 9.17) is 19.0 Å². The summed E-state index contributed by atoms with van der Waals surface area (Å²) in [5.74, 6) is 1.49. The van der Waals surface area contributed by atoms with Crippen LogP contribution in [0.25, 0.3) is 22.4 Å². The minimum atomic E-state index is -3.00. The van der Waals surface area contributed by atoms with E-state index in [9.17, 15) is 8.78 Å². The third kappa shape index (κ3) is 3.10. The van der Waals surface area contributed by atoms with Crippen molar-refractivity contribution < 1.29 is 27.2 Å². The minimum Gasteiger partial charge on any atom is -0.434 e. The Bertz CT molecular complexity index is 1620. The van der Waals surface area contributed by atoms with Crippen LogP contribution in [0.3, 0.4) is 0 Å². The molecule has 5 heterocycles. The van der Waals surface area contributed by atoms with Crippen LogP contribution in [0, 0.1) is 12.7 Å². The Morgan fingerprint density at radius 3 is 2.50 bits per heavy atom. The van der Waals surface area contributed by atoms with Gasteiger partial charge in [0, 0.05) is 29.1 Å². The topological polar surface area (TPSA) is 76.2 Å². The molecule has 1 fully saturated rings. The molecule has 3 aliphatic rings. The number of imidazole rings is 1. The Balaban J connectivity index is 1.47. The molecule has 7 rings (SSSR count). The zero-order chi connectivity index (χ0) is 26.7. The summed E-state index contributed by atoms with van der Waals surface area (Å²) in [4.78, 5) is 4.82. The molecule has 0 aliphatic carbocycles. The summed E-state index contributed by atoms with van der Waals surface area (Å²) < 4.78 is 63.7. The Labute approximate surface area is 216 Å². The second kappa shape index (κ2) is 7.60. The van der Waals surface area contributed by atoms with Crippen LogP contribution in [-0.4, -0.2) is 49.2 Å². The van der Waals surface area contributed by atoms with E-state index >= 15 is 4.39 Å². The molecule has 2 aromatic carbocycles. The Morgan fingerprint density at radius 1 is 1.05 bits per heavy atom. The first-order chi connectivity index (χ1) is 18.0. The third-order valence-electron chi connectivity index (χ3n) is 8.43. The van der Waals surface area contributed by atoms with Gasteiger partial charge in [-0.25, -0.2) is 9.37 Å². The van der Waals surface area contributed by atoms with Crippen molar-refractivity contribution in [1.29, 1.82) is 0 Å². The maximum Gasteiger partial charge on any atom is 0.497 e. The van der Waals surface area contributed by atoms with Crippen LogP contribution in [0.15, 0.2) is 30.3 Å². The molecule has 38 heavy (non-hydrogen) atoms. The molecule has 2 bridgehead atoms. The van der Waals surface area contributed by atoms with Gasteiger partial charge >= 0.3 is 13.7 Å². The summed E-state index contributed by atoms with van der Waals surface area (Å²) >= 11 is 0. The zero-order valence-corrected chi connectivity index (χ0v) is 21.5. The molecule has 3 aliphatic heterocycles. The van der Waals surface area contributed by atoms with Gasteiger partial charge in [-0.1, -0.05) is 12.1 Å². The van der Waals surface area contributed by atoms with Gasteiger partial charge in [0.15, 0.2) is 5.82 Å². The van der Waals surface area contributed by atoms with Crippen molar-refractivity contribution in [3.05, 3.63) is 53.4 Å². The maximum absolute atomic E-state index is 15.5. The lowest BCUT2D eigenvalue weighted by atomic mass is 9.78. The lowest BCUT2D eigenvalue weighted by Crippen LogP contribution is -2.41. The Morgan fingerprint density at radius 2 is 1.79 bits per heavy atom. The van der Waals surface area contributed by atoms with E-state index in [1.807, 2.05) is 49.8 Å². The van der Waals surface area contributed by atoms with Crippen LogP contribution in [0.2, 0.25) is 0 Å². The highest BCUT2D eigenvalue weighted by atomic mass is 19.3. The Kier molecular flexibility index (Phi) is 4.74. The largest absolute Gasteiger partial charge is 0.497 e. The lowest BCUT2D eigenvalue weighted by molar-refractivity contribution is -0.0506. The van der Waals surface area contributed by atoms with Crippen molar-refractivity contribution >= 4 is 23.6 Å². The van der Waals surface area contributed by atoms with Crippen molar-refractivity contribution in [1.82, 2.24) is 24.3 Å². The van der Waals surface area contributed by atoms with Gasteiger partial charge in [-0.15, -0.1) is 10.2 Å². The molecule has 2 atom stereocenters. The monoisotopic (exact) mass is 523 g/mol. The normalized spacial score (nSPS) is 22.5. The predicted molar refractivity (Wildman–Crippen MR) is 133 cm³/mol. The smallest absolute Gasteiger partial charge is 0.434 e. The second-order valence-corrected chi connectivity index (χ2v) is 11.1. The van der Waals surface area contributed by atoms with Gasteiger partial charge in [0.05, 0.1) is 34.3 Å². The highest BCUT2D eigenvalue weighted by Crippen LogP contribution is 2.52. The number of benzene rings is 2. The molecule has 0 amide bonds. The van der Waals surface area contributed by atoms with Crippen LogP contribution >= 0.6 is 0 Å². The number of halogens is 3. The van der Waals surface area contributed by atoms with Gasteiger partial charge in [0.25, 0.3) is 0 Å². The summed E-state index contributed by atoms with van der Waals surface area (Å²) in [5, 5.41) is 8.65. The molecule has 0 N–H and O–H groups in total. The number of aromatic nitrogens is 5. The fraction of sp³-hybridized carbons (Fsp3) is 0.423. The molecule has 4 aromatic rings. The lowest BCUT2D eigenvalue weighted by Gasteiger charge is -2.32. The van der Waals surface area contributed by atoms with Crippen molar-refractivity contribution in [3.8, 4) is 17.1 Å². The highest BCUT2D eigenvalue weighted by Gasteiger charge is 2.53. The number of hydrogen-bond acceptors (Lipinski definition) is 6. The molecule has 0 saturated carbocycles.